The number of halogens is 1. The van der Waals surface area contributed by atoms with Crippen molar-refractivity contribution < 1.29 is 9.18 Å². The molecule has 0 saturated heterocycles. The molecule has 1 amide bonds. The van der Waals surface area contributed by atoms with E-state index >= 15 is 0 Å². The Balaban J connectivity index is 1.59. The van der Waals surface area contributed by atoms with Crippen LogP contribution in [-0.2, 0) is 19.4 Å². The molecule has 0 radical (unpaired) electrons. The normalized spacial score (nSPS) is 10.6. The van der Waals surface area contributed by atoms with Crippen LogP contribution >= 0.6 is 11.3 Å². The summed E-state index contributed by atoms with van der Waals surface area (Å²) in [7, 11) is 0. The third-order valence-electron chi connectivity index (χ3n) is 3.79. The van der Waals surface area contributed by atoms with E-state index in [0.29, 0.717) is 11.4 Å². The van der Waals surface area contributed by atoms with E-state index in [1.54, 1.807) is 24.5 Å². The van der Waals surface area contributed by atoms with E-state index in [4.69, 9.17) is 0 Å². The van der Waals surface area contributed by atoms with Crippen LogP contribution in [0.3, 0.4) is 0 Å². The first kappa shape index (κ1) is 17.2. The minimum absolute atomic E-state index is 0.144. The number of aryl methyl sites for hydroxylation is 3. The van der Waals surface area contributed by atoms with Crippen LogP contribution in [0.5, 0.6) is 0 Å². The molecule has 1 N–H and O–H groups in total. The van der Waals surface area contributed by atoms with Gasteiger partial charge in [0.1, 0.15) is 10.7 Å². The van der Waals surface area contributed by atoms with E-state index in [2.05, 4.69) is 15.3 Å². The second-order valence-corrected chi connectivity index (χ2v) is 6.77. The van der Waals surface area contributed by atoms with Gasteiger partial charge in [-0.1, -0.05) is 12.1 Å². The lowest BCUT2D eigenvalue weighted by Crippen LogP contribution is -2.22. The van der Waals surface area contributed by atoms with Gasteiger partial charge >= 0.3 is 0 Å². The highest BCUT2D eigenvalue weighted by Gasteiger charge is 2.15. The molecular weight excluding hydrogens is 337 g/mol. The highest BCUT2D eigenvalue weighted by molar-refractivity contribution is 7.13. The van der Waals surface area contributed by atoms with Gasteiger partial charge in [0.05, 0.1) is 10.7 Å². The quantitative estimate of drug-likeness (QED) is 0.733. The first-order chi connectivity index (χ1) is 12.1. The number of aromatic nitrogens is 2. The van der Waals surface area contributed by atoms with Crippen molar-refractivity contribution in [2.45, 2.75) is 26.3 Å². The Labute approximate surface area is 149 Å². The fraction of sp³-hybridized carbons (Fsp3) is 0.211. The van der Waals surface area contributed by atoms with Gasteiger partial charge in [-0.05, 0) is 48.7 Å². The number of amides is 1. The highest BCUT2D eigenvalue weighted by atomic mass is 32.1. The fourth-order valence-corrected chi connectivity index (χ4v) is 3.42. The molecule has 3 rings (SSSR count). The number of carbonyl (C=O) groups excluding carboxylic acids is 1. The van der Waals surface area contributed by atoms with E-state index in [1.165, 1.54) is 29.0 Å². The summed E-state index contributed by atoms with van der Waals surface area (Å²) >= 11 is 1.43. The van der Waals surface area contributed by atoms with E-state index in [1.807, 2.05) is 19.1 Å². The molecule has 0 aliphatic carbocycles. The Morgan fingerprint density at radius 3 is 2.52 bits per heavy atom. The molecule has 0 bridgehead atoms. The molecule has 0 aliphatic rings. The molecule has 0 atom stereocenters. The van der Waals surface area contributed by atoms with E-state index in [9.17, 15) is 9.18 Å². The maximum absolute atomic E-state index is 12.9. The molecule has 1 aromatic carbocycles. The average Bonchev–Trinajstić information content (AvgIpc) is 3.01. The SMILES string of the molecule is Cc1nc(CCc2ccncc2)sc1C(=O)NCc1ccc(F)cc1. The first-order valence-corrected chi connectivity index (χ1v) is 8.81. The van der Waals surface area contributed by atoms with Gasteiger partial charge in [0.15, 0.2) is 0 Å². The van der Waals surface area contributed by atoms with Gasteiger partial charge in [-0.15, -0.1) is 11.3 Å². The predicted molar refractivity (Wildman–Crippen MR) is 96.1 cm³/mol. The molecule has 0 spiro atoms. The summed E-state index contributed by atoms with van der Waals surface area (Å²) in [6.45, 7) is 2.21. The standard InChI is InChI=1S/C19H18FN3OS/c1-13-18(19(24)22-12-15-2-5-16(20)6-3-15)25-17(23-13)7-4-14-8-10-21-11-9-14/h2-3,5-6,8-11H,4,7,12H2,1H3,(H,22,24). The second-order valence-electron chi connectivity index (χ2n) is 5.69. The summed E-state index contributed by atoms with van der Waals surface area (Å²) in [4.78, 5) is 21.5. The summed E-state index contributed by atoms with van der Waals surface area (Å²) in [5, 5.41) is 3.81. The molecule has 0 saturated carbocycles. The molecule has 2 aromatic heterocycles. The topological polar surface area (TPSA) is 54.9 Å². The third kappa shape index (κ3) is 4.70. The number of hydrogen-bond donors (Lipinski definition) is 1. The summed E-state index contributed by atoms with van der Waals surface area (Å²) in [5.74, 6) is -0.429. The number of thiazole rings is 1. The zero-order valence-electron chi connectivity index (χ0n) is 13.8. The van der Waals surface area contributed by atoms with Crippen molar-refractivity contribution in [3.05, 3.63) is 81.3 Å². The molecular formula is C19H18FN3OS. The number of nitrogens with one attached hydrogen (secondary N) is 1. The molecule has 128 valence electrons. The minimum atomic E-state index is -0.285. The van der Waals surface area contributed by atoms with Crippen molar-refractivity contribution in [1.82, 2.24) is 15.3 Å². The highest BCUT2D eigenvalue weighted by Crippen LogP contribution is 2.20. The Bertz CT molecular complexity index is 847. The van der Waals surface area contributed by atoms with Crippen molar-refractivity contribution in [3.8, 4) is 0 Å². The average molecular weight is 355 g/mol. The smallest absolute Gasteiger partial charge is 0.263 e. The molecule has 2 heterocycles. The van der Waals surface area contributed by atoms with Crippen molar-refractivity contribution in [2.75, 3.05) is 0 Å². The van der Waals surface area contributed by atoms with Crippen LogP contribution in [0.1, 0.15) is 31.5 Å². The van der Waals surface area contributed by atoms with Gasteiger partial charge in [0.25, 0.3) is 5.91 Å². The van der Waals surface area contributed by atoms with Gasteiger partial charge in [0, 0.05) is 25.4 Å². The fourth-order valence-electron chi connectivity index (χ4n) is 2.44. The largest absolute Gasteiger partial charge is 0.347 e. The molecule has 25 heavy (non-hydrogen) atoms. The van der Waals surface area contributed by atoms with Gasteiger partial charge in [-0.3, -0.25) is 9.78 Å². The lowest BCUT2D eigenvalue weighted by Gasteiger charge is -2.04. The van der Waals surface area contributed by atoms with Crippen molar-refractivity contribution in [1.29, 1.82) is 0 Å². The molecule has 6 heteroatoms. The summed E-state index contributed by atoms with van der Waals surface area (Å²) in [6, 6.07) is 10.1. The number of pyridine rings is 1. The maximum Gasteiger partial charge on any atom is 0.263 e. The van der Waals surface area contributed by atoms with Gasteiger partial charge in [-0.25, -0.2) is 9.37 Å². The van der Waals surface area contributed by atoms with Gasteiger partial charge in [0.2, 0.25) is 0 Å². The monoisotopic (exact) mass is 355 g/mol. The lowest BCUT2D eigenvalue weighted by molar-refractivity contribution is 0.0954. The van der Waals surface area contributed by atoms with Crippen LogP contribution in [0.4, 0.5) is 4.39 Å². The van der Waals surface area contributed by atoms with Crippen LogP contribution < -0.4 is 5.32 Å². The molecule has 0 unspecified atom stereocenters. The van der Waals surface area contributed by atoms with Crippen LogP contribution in [0.15, 0.2) is 48.8 Å². The zero-order valence-corrected chi connectivity index (χ0v) is 14.6. The van der Waals surface area contributed by atoms with Crippen molar-refractivity contribution in [3.63, 3.8) is 0 Å². The Morgan fingerprint density at radius 1 is 1.08 bits per heavy atom. The second kappa shape index (κ2) is 7.98. The van der Waals surface area contributed by atoms with Crippen LogP contribution in [0.2, 0.25) is 0 Å². The number of carbonyl (C=O) groups is 1. The van der Waals surface area contributed by atoms with Crippen LogP contribution in [-0.4, -0.2) is 15.9 Å². The first-order valence-electron chi connectivity index (χ1n) is 7.99. The van der Waals surface area contributed by atoms with Gasteiger partial charge < -0.3 is 5.32 Å². The molecule has 0 aliphatic heterocycles. The van der Waals surface area contributed by atoms with Gasteiger partial charge in [-0.2, -0.15) is 0 Å². The Kier molecular flexibility index (Phi) is 5.50. The Morgan fingerprint density at radius 2 is 1.80 bits per heavy atom. The number of benzene rings is 1. The minimum Gasteiger partial charge on any atom is -0.347 e. The molecule has 0 fully saturated rings. The number of rotatable bonds is 6. The van der Waals surface area contributed by atoms with Crippen molar-refractivity contribution in [2.24, 2.45) is 0 Å². The Hall–Kier alpha value is -2.60. The number of hydrogen-bond acceptors (Lipinski definition) is 4. The zero-order chi connectivity index (χ0) is 17.6. The van der Waals surface area contributed by atoms with Crippen LogP contribution in [0.25, 0.3) is 0 Å². The lowest BCUT2D eigenvalue weighted by atomic mass is 10.1. The predicted octanol–water partition coefficient (Wildman–Crippen LogP) is 3.70. The maximum atomic E-state index is 12.9. The van der Waals surface area contributed by atoms with Crippen molar-refractivity contribution >= 4 is 17.2 Å². The van der Waals surface area contributed by atoms with E-state index in [0.717, 1.165) is 29.1 Å². The summed E-state index contributed by atoms with van der Waals surface area (Å²) < 4.78 is 12.9. The molecule has 4 nitrogen and oxygen atoms in total. The third-order valence-corrected chi connectivity index (χ3v) is 5.01. The molecule has 3 aromatic rings. The number of nitrogens with zero attached hydrogens (tertiary/aromatic N) is 2. The van der Waals surface area contributed by atoms with E-state index < -0.39 is 0 Å². The van der Waals surface area contributed by atoms with E-state index in [-0.39, 0.29) is 11.7 Å². The summed E-state index contributed by atoms with van der Waals surface area (Å²) in [5.41, 5.74) is 2.80. The summed E-state index contributed by atoms with van der Waals surface area (Å²) in [6.07, 6.45) is 5.21. The van der Waals surface area contributed by atoms with Crippen LogP contribution in [0, 0.1) is 12.7 Å².